The second-order valence-electron chi connectivity index (χ2n) is 9.63. The lowest BCUT2D eigenvalue weighted by Crippen LogP contribution is -2.39. The summed E-state index contributed by atoms with van der Waals surface area (Å²) in [5, 5.41) is 10.0. The first-order valence-corrected chi connectivity index (χ1v) is 13.4. The lowest BCUT2D eigenvalue weighted by molar-refractivity contribution is -0.131. The highest BCUT2D eigenvalue weighted by Crippen LogP contribution is 2.50. The predicted octanol–water partition coefficient (Wildman–Crippen LogP) is 2.79. The number of likely N-dealkylation sites (N-methyl/N-ethyl adjacent to an activating group) is 1. The Bertz CT molecular complexity index is 1110. The zero-order valence-corrected chi connectivity index (χ0v) is 21.2. The van der Waals surface area contributed by atoms with Crippen LogP contribution in [0.5, 0.6) is 0 Å². The molecular weight excluding hydrogens is 468 g/mol. The number of hydrogen-bond acceptors (Lipinski definition) is 7. The molecule has 0 saturated carbocycles. The molecule has 1 saturated heterocycles. The van der Waals surface area contributed by atoms with Crippen molar-refractivity contribution in [1.29, 1.82) is 0 Å². The van der Waals surface area contributed by atoms with Gasteiger partial charge in [0, 0.05) is 46.3 Å². The summed E-state index contributed by atoms with van der Waals surface area (Å²) in [7, 11) is 2.33. The molecule has 2 atom stereocenters. The first-order valence-electron chi connectivity index (χ1n) is 11.7. The number of nitrogens with one attached hydrogen (secondary N) is 1. The van der Waals surface area contributed by atoms with Crippen LogP contribution in [0.15, 0.2) is 42.5 Å². The van der Waals surface area contributed by atoms with Gasteiger partial charge in [0.1, 0.15) is 0 Å². The molecule has 0 bridgehead atoms. The van der Waals surface area contributed by atoms with Crippen LogP contribution in [0.4, 0.5) is 5.69 Å². The number of carbonyl (C=O) groups excluding carboxylic acids is 2. The molecule has 0 aromatic heterocycles. The summed E-state index contributed by atoms with van der Waals surface area (Å²) in [6.45, 7) is 1.85. The SMILES string of the molecule is CN(C)C(=O)c1cccc([C@@H](CN2CCC(O)C2)N(C)C(=O)Cc2ccc3c(c2)NS(O)(O)C3)c1. The van der Waals surface area contributed by atoms with Gasteiger partial charge in [-0.25, -0.2) is 0 Å². The fourth-order valence-corrected chi connectivity index (χ4v) is 5.97. The molecular formula is C25H34N4O5S. The Morgan fingerprint density at radius 2 is 1.94 bits per heavy atom. The number of carbonyl (C=O) groups is 2. The summed E-state index contributed by atoms with van der Waals surface area (Å²) < 4.78 is 22.6. The van der Waals surface area contributed by atoms with Crippen molar-refractivity contribution in [3.63, 3.8) is 0 Å². The van der Waals surface area contributed by atoms with Crippen LogP contribution in [0, 0.1) is 0 Å². The monoisotopic (exact) mass is 502 g/mol. The van der Waals surface area contributed by atoms with E-state index >= 15 is 0 Å². The molecule has 2 aliphatic rings. The number of rotatable bonds is 7. The molecule has 1 unspecified atom stereocenters. The minimum absolute atomic E-state index is 0.0939. The van der Waals surface area contributed by atoms with E-state index < -0.39 is 10.8 Å². The van der Waals surface area contributed by atoms with E-state index in [2.05, 4.69) is 9.62 Å². The topological polar surface area (TPSA) is 117 Å². The lowest BCUT2D eigenvalue weighted by Gasteiger charge is -2.32. The second kappa shape index (κ2) is 10.2. The Kier molecular flexibility index (Phi) is 7.39. The van der Waals surface area contributed by atoms with Crippen LogP contribution in [0.25, 0.3) is 0 Å². The first-order chi connectivity index (χ1) is 16.5. The van der Waals surface area contributed by atoms with Gasteiger partial charge in [-0.1, -0.05) is 24.3 Å². The van der Waals surface area contributed by atoms with Crippen molar-refractivity contribution in [3.05, 3.63) is 64.7 Å². The van der Waals surface area contributed by atoms with E-state index in [0.717, 1.165) is 23.2 Å². The number of anilines is 1. The Hall–Kier alpha value is -2.63. The van der Waals surface area contributed by atoms with Crippen molar-refractivity contribution >= 4 is 28.3 Å². The highest BCUT2D eigenvalue weighted by Gasteiger charge is 2.29. The summed E-state index contributed by atoms with van der Waals surface area (Å²) in [6.07, 6.45) is 0.481. The van der Waals surface area contributed by atoms with Crippen LogP contribution < -0.4 is 4.72 Å². The largest absolute Gasteiger partial charge is 0.392 e. The molecule has 2 aromatic carbocycles. The van der Waals surface area contributed by atoms with Gasteiger partial charge in [-0.2, -0.15) is 0 Å². The van der Waals surface area contributed by atoms with Crippen LogP contribution in [0.3, 0.4) is 0 Å². The molecule has 1 fully saturated rings. The number of amides is 2. The van der Waals surface area contributed by atoms with Gasteiger partial charge in [0.2, 0.25) is 5.91 Å². The molecule has 2 heterocycles. The van der Waals surface area contributed by atoms with Gasteiger partial charge in [0.15, 0.2) is 0 Å². The van der Waals surface area contributed by atoms with Crippen LogP contribution in [0.1, 0.15) is 39.5 Å². The Morgan fingerprint density at radius 3 is 2.63 bits per heavy atom. The molecule has 35 heavy (non-hydrogen) atoms. The minimum Gasteiger partial charge on any atom is -0.392 e. The number of fused-ring (bicyclic) bond motifs is 1. The minimum atomic E-state index is -2.85. The molecule has 4 rings (SSSR count). The Morgan fingerprint density at radius 1 is 1.17 bits per heavy atom. The van der Waals surface area contributed by atoms with Gasteiger partial charge < -0.3 is 14.9 Å². The maximum absolute atomic E-state index is 13.4. The highest BCUT2D eigenvalue weighted by molar-refractivity contribution is 8.25. The maximum atomic E-state index is 13.4. The highest BCUT2D eigenvalue weighted by atomic mass is 32.3. The van der Waals surface area contributed by atoms with E-state index in [1.54, 1.807) is 38.2 Å². The quantitative estimate of drug-likeness (QED) is 0.460. The van der Waals surface area contributed by atoms with Crippen molar-refractivity contribution in [3.8, 4) is 0 Å². The van der Waals surface area contributed by atoms with Gasteiger partial charge in [-0.3, -0.25) is 28.3 Å². The zero-order chi connectivity index (χ0) is 25.3. The lowest BCUT2D eigenvalue weighted by atomic mass is 10.0. The molecule has 10 heteroatoms. The molecule has 2 aromatic rings. The molecule has 0 radical (unpaired) electrons. The average molecular weight is 503 g/mol. The summed E-state index contributed by atoms with van der Waals surface area (Å²) in [4.78, 5) is 31.3. The standard InChI is InChI=1S/C25H34N4O5S/c1-27(2)25(32)19-6-4-5-18(13-19)23(15-29-10-9-21(30)14-29)28(3)24(31)12-17-7-8-20-16-35(33,34)26-22(20)11-17/h4-8,11,13,21,23,26,30,33-34H,9-10,12,14-16H2,1-3H3/t21?,23-/m1/s1. The smallest absolute Gasteiger partial charge is 0.253 e. The van der Waals surface area contributed by atoms with Crippen LogP contribution in [-0.4, -0.2) is 87.6 Å². The van der Waals surface area contributed by atoms with E-state index in [4.69, 9.17) is 0 Å². The van der Waals surface area contributed by atoms with E-state index in [1.807, 2.05) is 30.3 Å². The summed E-state index contributed by atoms with van der Waals surface area (Å²) in [5.74, 6) is -0.0289. The van der Waals surface area contributed by atoms with Gasteiger partial charge >= 0.3 is 0 Å². The number of β-amino-alcohol motifs (C(OH)–C–C–N with tert-alkyl or cyclic N) is 1. The maximum Gasteiger partial charge on any atom is 0.253 e. The Labute approximate surface area is 207 Å². The number of aliphatic hydroxyl groups is 1. The molecule has 9 nitrogen and oxygen atoms in total. The summed E-state index contributed by atoms with van der Waals surface area (Å²) >= 11 is 0. The van der Waals surface area contributed by atoms with Crippen LogP contribution in [0.2, 0.25) is 0 Å². The molecule has 4 N–H and O–H groups in total. The van der Waals surface area contributed by atoms with Crippen LogP contribution in [-0.2, 0) is 17.0 Å². The molecule has 2 aliphatic heterocycles. The normalized spacial score (nSPS) is 20.6. The second-order valence-corrected chi connectivity index (χ2v) is 11.5. The number of benzene rings is 2. The third kappa shape index (κ3) is 5.96. The van der Waals surface area contributed by atoms with Crippen molar-refractivity contribution in [2.45, 2.75) is 30.7 Å². The third-order valence-electron chi connectivity index (χ3n) is 6.62. The predicted molar refractivity (Wildman–Crippen MR) is 137 cm³/mol. The number of likely N-dealkylation sites (tertiary alicyclic amines) is 1. The number of nitrogens with zero attached hydrogens (tertiary/aromatic N) is 3. The van der Waals surface area contributed by atoms with Crippen molar-refractivity contribution in [1.82, 2.24) is 14.7 Å². The van der Waals surface area contributed by atoms with E-state index in [9.17, 15) is 23.8 Å². The van der Waals surface area contributed by atoms with E-state index in [1.165, 1.54) is 4.90 Å². The van der Waals surface area contributed by atoms with Crippen molar-refractivity contribution in [2.24, 2.45) is 0 Å². The fourth-order valence-electron chi connectivity index (χ4n) is 4.67. The fraction of sp³-hybridized carbons (Fsp3) is 0.440. The van der Waals surface area contributed by atoms with Gasteiger partial charge in [-0.05, 0) is 41.3 Å². The van der Waals surface area contributed by atoms with Gasteiger partial charge in [0.25, 0.3) is 5.91 Å². The van der Waals surface area contributed by atoms with E-state index in [-0.39, 0.29) is 36.1 Å². The van der Waals surface area contributed by atoms with E-state index in [0.29, 0.717) is 30.8 Å². The van der Waals surface area contributed by atoms with Gasteiger partial charge in [-0.15, -0.1) is 10.8 Å². The average Bonchev–Trinajstić information content (AvgIpc) is 3.36. The number of hydrogen-bond donors (Lipinski definition) is 4. The van der Waals surface area contributed by atoms with Crippen LogP contribution >= 0.6 is 10.8 Å². The molecule has 0 spiro atoms. The molecule has 0 aliphatic carbocycles. The summed E-state index contributed by atoms with van der Waals surface area (Å²) in [5.41, 5.74) is 3.66. The molecule has 2 amide bonds. The third-order valence-corrected chi connectivity index (χ3v) is 7.88. The van der Waals surface area contributed by atoms with Crippen molar-refractivity contribution < 1.29 is 23.8 Å². The zero-order valence-electron chi connectivity index (χ0n) is 20.3. The van der Waals surface area contributed by atoms with Crippen molar-refractivity contribution in [2.75, 3.05) is 45.5 Å². The van der Waals surface area contributed by atoms with Gasteiger partial charge in [0.05, 0.1) is 30.0 Å². The Balaban J connectivity index is 1.56. The number of aliphatic hydroxyl groups excluding tert-OH is 1. The first kappa shape index (κ1) is 25.5. The molecule has 190 valence electrons. The summed E-state index contributed by atoms with van der Waals surface area (Å²) in [6, 6.07) is 12.5.